The third kappa shape index (κ3) is 6.61. The van der Waals surface area contributed by atoms with E-state index in [4.69, 9.17) is 0 Å². The van der Waals surface area contributed by atoms with Crippen LogP contribution in [0.1, 0.15) is 63.7 Å². The number of anilines is 1. The minimum atomic E-state index is -0.0428. The number of nitrogens with one attached hydrogen (secondary N) is 2. The Morgan fingerprint density at radius 2 is 2.05 bits per heavy atom. The summed E-state index contributed by atoms with van der Waals surface area (Å²) in [5, 5.41) is 6.27. The zero-order valence-electron chi connectivity index (χ0n) is 13.8. The summed E-state index contributed by atoms with van der Waals surface area (Å²) in [6.07, 6.45) is 6.08. The molecule has 1 aromatic rings. The second-order valence-electron chi connectivity index (χ2n) is 6.03. The highest BCUT2D eigenvalue weighted by atomic mass is 16.1. The van der Waals surface area contributed by atoms with E-state index in [1.165, 1.54) is 6.42 Å². The number of carbonyl (C=O) groups is 1. The Kier molecular flexibility index (Phi) is 7.80. The minimum absolute atomic E-state index is 0.0428. The van der Waals surface area contributed by atoms with Crippen LogP contribution in [0.5, 0.6) is 0 Å². The highest BCUT2D eigenvalue weighted by Gasteiger charge is 2.14. The van der Waals surface area contributed by atoms with Crippen LogP contribution in [-0.2, 0) is 0 Å². The van der Waals surface area contributed by atoms with E-state index in [1.54, 1.807) is 12.3 Å². The number of amides is 1. The fourth-order valence-corrected chi connectivity index (χ4v) is 2.18. The van der Waals surface area contributed by atoms with E-state index in [0.29, 0.717) is 11.4 Å². The van der Waals surface area contributed by atoms with Gasteiger partial charge in [-0.2, -0.15) is 0 Å². The molecule has 118 valence electrons. The summed E-state index contributed by atoms with van der Waals surface area (Å²) in [4.78, 5) is 16.6. The third-order valence-electron chi connectivity index (χ3n) is 3.39. The second-order valence-corrected chi connectivity index (χ2v) is 6.03. The van der Waals surface area contributed by atoms with Crippen LogP contribution in [0.25, 0.3) is 0 Å². The van der Waals surface area contributed by atoms with Crippen molar-refractivity contribution >= 4 is 11.7 Å². The summed E-state index contributed by atoms with van der Waals surface area (Å²) < 4.78 is 0. The van der Waals surface area contributed by atoms with E-state index in [-0.39, 0.29) is 11.9 Å². The van der Waals surface area contributed by atoms with Gasteiger partial charge < -0.3 is 10.6 Å². The number of hydrogen-bond donors (Lipinski definition) is 2. The molecule has 0 radical (unpaired) electrons. The lowest BCUT2D eigenvalue weighted by Gasteiger charge is -2.16. The molecule has 0 bridgehead atoms. The topological polar surface area (TPSA) is 54.0 Å². The summed E-state index contributed by atoms with van der Waals surface area (Å²) in [6.45, 7) is 9.43. The molecule has 0 spiro atoms. The SMILES string of the molecule is CCCNc1ncccc1C(=O)NC(C)CCCC(C)C. The molecule has 0 aliphatic carbocycles. The van der Waals surface area contributed by atoms with Gasteiger partial charge in [-0.1, -0.05) is 33.6 Å². The molecule has 21 heavy (non-hydrogen) atoms. The van der Waals surface area contributed by atoms with E-state index in [2.05, 4.69) is 43.3 Å². The van der Waals surface area contributed by atoms with Gasteiger partial charge in [-0.25, -0.2) is 4.98 Å². The number of nitrogens with zero attached hydrogens (tertiary/aromatic N) is 1. The molecular formula is C17H29N3O. The minimum Gasteiger partial charge on any atom is -0.369 e. The number of rotatable bonds is 9. The van der Waals surface area contributed by atoms with E-state index in [0.717, 1.165) is 31.7 Å². The molecule has 0 fully saturated rings. The van der Waals surface area contributed by atoms with E-state index < -0.39 is 0 Å². The predicted molar refractivity (Wildman–Crippen MR) is 88.6 cm³/mol. The van der Waals surface area contributed by atoms with Crippen molar-refractivity contribution in [2.45, 2.75) is 59.4 Å². The van der Waals surface area contributed by atoms with Crippen molar-refractivity contribution in [1.29, 1.82) is 0 Å². The van der Waals surface area contributed by atoms with Crippen molar-refractivity contribution < 1.29 is 4.79 Å². The van der Waals surface area contributed by atoms with Crippen molar-refractivity contribution in [3.63, 3.8) is 0 Å². The smallest absolute Gasteiger partial charge is 0.255 e. The summed E-state index contributed by atoms with van der Waals surface area (Å²) >= 11 is 0. The Morgan fingerprint density at radius 1 is 1.29 bits per heavy atom. The van der Waals surface area contributed by atoms with Gasteiger partial charge in [0.15, 0.2) is 0 Å². The van der Waals surface area contributed by atoms with Gasteiger partial charge in [0.05, 0.1) is 5.56 Å². The molecule has 0 saturated heterocycles. The lowest BCUT2D eigenvalue weighted by Crippen LogP contribution is -2.33. The normalized spacial score (nSPS) is 12.2. The molecule has 1 unspecified atom stereocenters. The molecule has 0 aliphatic rings. The van der Waals surface area contributed by atoms with Gasteiger partial charge in [-0.3, -0.25) is 4.79 Å². The van der Waals surface area contributed by atoms with Crippen LogP contribution >= 0.6 is 0 Å². The standard InChI is InChI=1S/C17H29N3O/c1-5-11-18-16-15(10-7-12-19-16)17(21)20-14(4)9-6-8-13(2)3/h7,10,12-14H,5-6,8-9,11H2,1-4H3,(H,18,19)(H,20,21). The van der Waals surface area contributed by atoms with Crippen LogP contribution in [0.15, 0.2) is 18.3 Å². The van der Waals surface area contributed by atoms with Crippen molar-refractivity contribution in [2.24, 2.45) is 5.92 Å². The lowest BCUT2D eigenvalue weighted by atomic mass is 10.0. The summed E-state index contributed by atoms with van der Waals surface area (Å²) in [6, 6.07) is 3.81. The second kappa shape index (κ2) is 9.37. The van der Waals surface area contributed by atoms with Gasteiger partial charge in [0.1, 0.15) is 5.82 Å². The Balaban J connectivity index is 2.54. The molecule has 0 aliphatic heterocycles. The first-order valence-corrected chi connectivity index (χ1v) is 8.04. The monoisotopic (exact) mass is 291 g/mol. The fourth-order valence-electron chi connectivity index (χ4n) is 2.18. The van der Waals surface area contributed by atoms with E-state index in [1.807, 2.05) is 6.07 Å². The first-order valence-electron chi connectivity index (χ1n) is 8.04. The van der Waals surface area contributed by atoms with Crippen LogP contribution < -0.4 is 10.6 Å². The molecule has 1 heterocycles. The molecule has 4 heteroatoms. The van der Waals surface area contributed by atoms with Gasteiger partial charge in [0.2, 0.25) is 0 Å². The maximum atomic E-state index is 12.3. The molecule has 4 nitrogen and oxygen atoms in total. The van der Waals surface area contributed by atoms with Crippen molar-refractivity contribution in [1.82, 2.24) is 10.3 Å². The molecule has 1 rings (SSSR count). The molecule has 0 aromatic carbocycles. The Morgan fingerprint density at radius 3 is 2.71 bits per heavy atom. The van der Waals surface area contributed by atoms with Crippen LogP contribution in [0.3, 0.4) is 0 Å². The zero-order chi connectivity index (χ0) is 15.7. The van der Waals surface area contributed by atoms with Crippen molar-refractivity contribution in [3.8, 4) is 0 Å². The third-order valence-corrected chi connectivity index (χ3v) is 3.39. The van der Waals surface area contributed by atoms with Gasteiger partial charge in [0, 0.05) is 18.8 Å². The molecule has 2 N–H and O–H groups in total. The van der Waals surface area contributed by atoms with Crippen LogP contribution in [0.4, 0.5) is 5.82 Å². The number of pyridine rings is 1. The Bertz CT molecular complexity index is 432. The summed E-state index contributed by atoms with van der Waals surface area (Å²) in [7, 11) is 0. The fraction of sp³-hybridized carbons (Fsp3) is 0.647. The Hall–Kier alpha value is -1.58. The average molecular weight is 291 g/mol. The molecule has 0 saturated carbocycles. The van der Waals surface area contributed by atoms with E-state index in [9.17, 15) is 4.79 Å². The molecule has 1 aromatic heterocycles. The highest BCUT2D eigenvalue weighted by Crippen LogP contribution is 2.13. The average Bonchev–Trinajstić information content (AvgIpc) is 2.44. The molecule has 1 atom stereocenters. The van der Waals surface area contributed by atoms with Crippen LogP contribution in [0, 0.1) is 5.92 Å². The molecular weight excluding hydrogens is 262 g/mol. The van der Waals surface area contributed by atoms with Crippen molar-refractivity contribution in [3.05, 3.63) is 23.9 Å². The van der Waals surface area contributed by atoms with Crippen LogP contribution in [-0.4, -0.2) is 23.5 Å². The first-order chi connectivity index (χ1) is 10.0. The number of carbonyl (C=O) groups excluding carboxylic acids is 1. The zero-order valence-corrected chi connectivity index (χ0v) is 13.8. The number of aromatic nitrogens is 1. The maximum Gasteiger partial charge on any atom is 0.255 e. The molecule has 1 amide bonds. The Labute approximate surface area is 128 Å². The lowest BCUT2D eigenvalue weighted by molar-refractivity contribution is 0.0938. The van der Waals surface area contributed by atoms with E-state index >= 15 is 0 Å². The van der Waals surface area contributed by atoms with Crippen molar-refractivity contribution in [2.75, 3.05) is 11.9 Å². The summed E-state index contributed by atoms with van der Waals surface area (Å²) in [5.74, 6) is 1.35. The largest absolute Gasteiger partial charge is 0.369 e. The maximum absolute atomic E-state index is 12.3. The van der Waals surface area contributed by atoms with Gasteiger partial charge in [-0.15, -0.1) is 0 Å². The van der Waals surface area contributed by atoms with Gasteiger partial charge in [-0.05, 0) is 37.8 Å². The first kappa shape index (κ1) is 17.5. The van der Waals surface area contributed by atoms with Crippen LogP contribution in [0.2, 0.25) is 0 Å². The highest BCUT2D eigenvalue weighted by molar-refractivity contribution is 5.98. The summed E-state index contributed by atoms with van der Waals surface area (Å²) in [5.41, 5.74) is 0.627. The van der Waals surface area contributed by atoms with Gasteiger partial charge >= 0.3 is 0 Å². The number of hydrogen-bond acceptors (Lipinski definition) is 3. The quantitative estimate of drug-likeness (QED) is 0.726. The van der Waals surface area contributed by atoms with Gasteiger partial charge in [0.25, 0.3) is 5.91 Å². The predicted octanol–water partition coefficient (Wildman–Crippen LogP) is 3.85.